The second kappa shape index (κ2) is 9.94. The van der Waals surface area contributed by atoms with Gasteiger partial charge in [-0.15, -0.1) is 0 Å². The Morgan fingerprint density at radius 3 is 2.64 bits per heavy atom. The molecule has 1 aromatic carbocycles. The number of nitrogens with one attached hydrogen (secondary N) is 2. The third-order valence-corrected chi connectivity index (χ3v) is 7.62. The number of halogens is 1. The van der Waals surface area contributed by atoms with E-state index in [2.05, 4.69) is 21.6 Å². The first-order valence-electron chi connectivity index (χ1n) is 10.2. The van der Waals surface area contributed by atoms with Gasteiger partial charge >= 0.3 is 0 Å². The summed E-state index contributed by atoms with van der Waals surface area (Å²) in [6.45, 7) is 6.56. The van der Waals surface area contributed by atoms with E-state index >= 15 is 0 Å². The number of benzene rings is 1. The van der Waals surface area contributed by atoms with E-state index in [0.717, 1.165) is 56.5 Å². The number of sulfone groups is 1. The van der Waals surface area contributed by atoms with E-state index in [9.17, 15) is 8.42 Å². The maximum absolute atomic E-state index is 11.7. The summed E-state index contributed by atoms with van der Waals surface area (Å²) in [5.41, 5.74) is 1.19. The van der Waals surface area contributed by atoms with Gasteiger partial charge in [-0.1, -0.05) is 29.8 Å². The Balaban J connectivity index is 1.46. The molecule has 2 aliphatic heterocycles. The predicted molar refractivity (Wildman–Crippen MR) is 116 cm³/mol. The molecule has 2 fully saturated rings. The van der Waals surface area contributed by atoms with Crippen LogP contribution in [0, 0.1) is 5.92 Å². The smallest absolute Gasteiger partial charge is 0.191 e. The summed E-state index contributed by atoms with van der Waals surface area (Å²) < 4.78 is 23.3. The van der Waals surface area contributed by atoms with E-state index in [4.69, 9.17) is 16.6 Å². The lowest BCUT2D eigenvalue weighted by Crippen LogP contribution is -2.44. The molecule has 2 N–H and O–H groups in total. The van der Waals surface area contributed by atoms with Crippen LogP contribution in [0.2, 0.25) is 5.02 Å². The van der Waals surface area contributed by atoms with Crippen molar-refractivity contribution in [2.75, 3.05) is 37.7 Å². The molecule has 8 heteroatoms. The maximum Gasteiger partial charge on any atom is 0.191 e. The molecule has 2 saturated heterocycles. The Bertz CT molecular complexity index is 776. The molecule has 0 amide bonds. The molecule has 156 valence electrons. The fourth-order valence-corrected chi connectivity index (χ4v) is 5.71. The molecule has 2 aliphatic rings. The lowest BCUT2D eigenvalue weighted by atomic mass is 9.96. The third kappa shape index (κ3) is 6.36. The molecular weight excluding hydrogens is 396 g/mol. The van der Waals surface area contributed by atoms with Gasteiger partial charge in [-0.3, -0.25) is 9.89 Å². The Labute approximate surface area is 173 Å². The SMILES string of the molecule is CCNC(=NCC1CCN(Cc2ccccc2Cl)CC1)NC1CCS(=O)(=O)C1. The molecule has 1 aromatic rings. The van der Waals surface area contributed by atoms with Crippen LogP contribution in [0.3, 0.4) is 0 Å². The first kappa shape index (κ1) is 21.4. The molecule has 0 bridgehead atoms. The Kier molecular flexibility index (Phi) is 7.60. The largest absolute Gasteiger partial charge is 0.357 e. The highest BCUT2D eigenvalue weighted by Crippen LogP contribution is 2.22. The summed E-state index contributed by atoms with van der Waals surface area (Å²) >= 11 is 6.28. The molecule has 0 spiro atoms. The number of hydrogen-bond donors (Lipinski definition) is 2. The number of aliphatic imine (C=N–C) groups is 1. The van der Waals surface area contributed by atoms with Gasteiger partial charge in [0.2, 0.25) is 0 Å². The van der Waals surface area contributed by atoms with Crippen molar-refractivity contribution < 1.29 is 8.42 Å². The van der Waals surface area contributed by atoms with Crippen LogP contribution in [-0.2, 0) is 16.4 Å². The van der Waals surface area contributed by atoms with Gasteiger partial charge in [0.1, 0.15) is 0 Å². The second-order valence-corrected chi connectivity index (χ2v) is 10.4. The Hall–Kier alpha value is -1.31. The van der Waals surface area contributed by atoms with Crippen LogP contribution in [0.25, 0.3) is 0 Å². The van der Waals surface area contributed by atoms with Crippen molar-refractivity contribution >= 4 is 27.4 Å². The van der Waals surface area contributed by atoms with Gasteiger partial charge in [0, 0.05) is 30.7 Å². The number of guanidine groups is 1. The number of nitrogens with zero attached hydrogens (tertiary/aromatic N) is 2. The second-order valence-electron chi connectivity index (χ2n) is 7.77. The van der Waals surface area contributed by atoms with Gasteiger partial charge < -0.3 is 10.6 Å². The maximum atomic E-state index is 11.7. The van der Waals surface area contributed by atoms with Gasteiger partial charge in [-0.2, -0.15) is 0 Å². The van der Waals surface area contributed by atoms with Crippen LogP contribution in [0.4, 0.5) is 0 Å². The first-order valence-corrected chi connectivity index (χ1v) is 12.4. The van der Waals surface area contributed by atoms with Crippen LogP contribution in [0.15, 0.2) is 29.3 Å². The summed E-state index contributed by atoms with van der Waals surface area (Å²) in [4.78, 5) is 7.18. The van der Waals surface area contributed by atoms with Crippen molar-refractivity contribution in [1.29, 1.82) is 0 Å². The molecule has 0 saturated carbocycles. The minimum atomic E-state index is -2.89. The summed E-state index contributed by atoms with van der Waals surface area (Å²) in [5, 5.41) is 7.37. The third-order valence-electron chi connectivity index (χ3n) is 5.48. The average molecular weight is 427 g/mol. The van der Waals surface area contributed by atoms with Crippen LogP contribution >= 0.6 is 11.6 Å². The van der Waals surface area contributed by atoms with Crippen LogP contribution < -0.4 is 10.6 Å². The first-order chi connectivity index (χ1) is 13.4. The van der Waals surface area contributed by atoms with Crippen molar-refractivity contribution in [1.82, 2.24) is 15.5 Å². The number of rotatable bonds is 6. The van der Waals surface area contributed by atoms with Crippen molar-refractivity contribution in [3.63, 3.8) is 0 Å². The standard InChI is InChI=1S/C20H31ClN4O2S/c1-2-22-20(24-18-9-12-28(26,27)15-18)23-13-16-7-10-25(11-8-16)14-17-5-3-4-6-19(17)21/h3-6,16,18H,2,7-15H2,1H3,(H2,22,23,24). The molecule has 3 rings (SSSR count). The molecule has 1 unspecified atom stereocenters. The summed E-state index contributed by atoms with van der Waals surface area (Å²) in [6, 6.07) is 8.01. The molecule has 28 heavy (non-hydrogen) atoms. The van der Waals surface area contributed by atoms with E-state index < -0.39 is 9.84 Å². The van der Waals surface area contributed by atoms with E-state index in [-0.39, 0.29) is 17.5 Å². The molecule has 0 aromatic heterocycles. The van der Waals surface area contributed by atoms with Crippen molar-refractivity contribution in [2.45, 2.75) is 38.8 Å². The Morgan fingerprint density at radius 1 is 1.25 bits per heavy atom. The highest BCUT2D eigenvalue weighted by Gasteiger charge is 2.28. The number of piperidine rings is 1. The molecular formula is C20H31ClN4O2S. The fourth-order valence-electron chi connectivity index (χ4n) is 3.84. The van der Waals surface area contributed by atoms with Crippen LogP contribution in [0.1, 0.15) is 31.7 Å². The molecule has 2 heterocycles. The average Bonchev–Trinajstić information content (AvgIpc) is 3.01. The van der Waals surface area contributed by atoms with Crippen molar-refractivity contribution in [2.24, 2.45) is 10.9 Å². The van der Waals surface area contributed by atoms with Gasteiger partial charge in [0.25, 0.3) is 0 Å². The van der Waals surface area contributed by atoms with Crippen molar-refractivity contribution in [3.8, 4) is 0 Å². The van der Waals surface area contributed by atoms with Gasteiger partial charge in [0.05, 0.1) is 11.5 Å². The molecule has 6 nitrogen and oxygen atoms in total. The monoisotopic (exact) mass is 426 g/mol. The van der Waals surface area contributed by atoms with Gasteiger partial charge in [-0.05, 0) is 56.8 Å². The Morgan fingerprint density at radius 2 is 2.00 bits per heavy atom. The van der Waals surface area contributed by atoms with Crippen LogP contribution in [-0.4, -0.2) is 63.0 Å². The lowest BCUT2D eigenvalue weighted by Gasteiger charge is -2.31. The summed E-state index contributed by atoms with van der Waals surface area (Å²) in [5.74, 6) is 1.78. The minimum Gasteiger partial charge on any atom is -0.357 e. The summed E-state index contributed by atoms with van der Waals surface area (Å²) in [6.07, 6.45) is 2.89. The number of hydrogen-bond acceptors (Lipinski definition) is 4. The minimum absolute atomic E-state index is 0.0275. The van der Waals surface area contributed by atoms with Crippen LogP contribution in [0.5, 0.6) is 0 Å². The molecule has 0 radical (unpaired) electrons. The zero-order chi connectivity index (χ0) is 20.0. The highest BCUT2D eigenvalue weighted by molar-refractivity contribution is 7.91. The molecule has 0 aliphatic carbocycles. The number of likely N-dealkylation sites (tertiary alicyclic amines) is 1. The van der Waals surface area contributed by atoms with E-state index in [1.807, 2.05) is 25.1 Å². The quantitative estimate of drug-likeness (QED) is 0.539. The predicted octanol–water partition coefficient (Wildman–Crippen LogP) is 2.29. The zero-order valence-corrected chi connectivity index (χ0v) is 18.1. The van der Waals surface area contributed by atoms with Gasteiger partial charge in [0.15, 0.2) is 15.8 Å². The van der Waals surface area contributed by atoms with E-state index in [0.29, 0.717) is 12.3 Å². The van der Waals surface area contributed by atoms with Crippen molar-refractivity contribution in [3.05, 3.63) is 34.9 Å². The molecule has 1 atom stereocenters. The topological polar surface area (TPSA) is 73.8 Å². The van der Waals surface area contributed by atoms with Gasteiger partial charge in [-0.25, -0.2) is 8.42 Å². The lowest BCUT2D eigenvalue weighted by molar-refractivity contribution is 0.180. The normalized spacial score (nSPS) is 23.6. The zero-order valence-electron chi connectivity index (χ0n) is 16.5. The summed E-state index contributed by atoms with van der Waals surface area (Å²) in [7, 11) is -2.89. The van der Waals surface area contributed by atoms with E-state index in [1.165, 1.54) is 5.56 Å². The highest BCUT2D eigenvalue weighted by atomic mass is 35.5. The fraction of sp³-hybridized carbons (Fsp3) is 0.650. The van der Waals surface area contributed by atoms with E-state index in [1.54, 1.807) is 0 Å².